The molecule has 2 heterocycles. The fourth-order valence-corrected chi connectivity index (χ4v) is 5.84. The Morgan fingerprint density at radius 1 is 0.926 bits per heavy atom. The molecule has 0 aliphatic carbocycles. The van der Waals surface area contributed by atoms with Crippen molar-refractivity contribution in [1.29, 1.82) is 0 Å². The number of furan rings is 1. The minimum Gasteiger partial charge on any atom is -0.503 e. The number of ether oxygens (including phenoxy) is 4. The fraction of sp³-hybridized carbons (Fsp3) is 0.286. The van der Waals surface area contributed by atoms with Crippen LogP contribution in [0.1, 0.15) is 67.5 Å². The van der Waals surface area contributed by atoms with Gasteiger partial charge in [-0.25, -0.2) is 4.79 Å². The molecule has 1 aliphatic rings. The number of nitrogens with one attached hydrogen (secondary N) is 1. The molecule has 4 aromatic rings. The lowest BCUT2D eigenvalue weighted by atomic mass is 9.87. The van der Waals surface area contributed by atoms with Gasteiger partial charge in [-0.3, -0.25) is 14.4 Å². The van der Waals surface area contributed by atoms with Gasteiger partial charge in [0.15, 0.2) is 23.0 Å². The molecule has 0 saturated carbocycles. The van der Waals surface area contributed by atoms with Gasteiger partial charge in [-0.1, -0.05) is 66.7 Å². The van der Waals surface area contributed by atoms with Crippen molar-refractivity contribution in [3.63, 3.8) is 0 Å². The summed E-state index contributed by atoms with van der Waals surface area (Å²) in [5.74, 6) is -3.08. The van der Waals surface area contributed by atoms with Crippen LogP contribution in [-0.2, 0) is 30.3 Å². The zero-order valence-electron chi connectivity index (χ0n) is 30.9. The Hall–Kier alpha value is -6.30. The molecule has 282 valence electrons. The van der Waals surface area contributed by atoms with Gasteiger partial charge in [0.1, 0.15) is 11.4 Å². The lowest BCUT2D eigenvalue weighted by Crippen LogP contribution is -2.44. The monoisotopic (exact) mass is 736 g/mol. The minimum absolute atomic E-state index is 0.0112. The number of hydrogen-bond donors (Lipinski definition) is 2. The largest absolute Gasteiger partial charge is 0.503 e. The van der Waals surface area contributed by atoms with Gasteiger partial charge in [0.2, 0.25) is 6.79 Å². The summed E-state index contributed by atoms with van der Waals surface area (Å²) in [5.41, 5.74) is 0.703. The number of aliphatic hydroxyl groups excluding tert-OH is 1. The highest BCUT2D eigenvalue weighted by molar-refractivity contribution is 6.04. The number of fused-ring (bicyclic) bond motifs is 1. The molecule has 0 unspecified atom stereocenters. The summed E-state index contributed by atoms with van der Waals surface area (Å²) < 4.78 is 27.5. The predicted molar refractivity (Wildman–Crippen MR) is 201 cm³/mol. The molecule has 2 atom stereocenters. The van der Waals surface area contributed by atoms with E-state index in [1.54, 1.807) is 64.1 Å². The summed E-state index contributed by atoms with van der Waals surface area (Å²) in [6.07, 6.45) is 3.10. The van der Waals surface area contributed by atoms with Gasteiger partial charge in [0, 0.05) is 30.6 Å². The van der Waals surface area contributed by atoms with Crippen LogP contribution in [0.2, 0.25) is 0 Å². The lowest BCUT2D eigenvalue weighted by molar-refractivity contribution is -0.153. The van der Waals surface area contributed by atoms with Crippen molar-refractivity contribution in [2.24, 2.45) is 0 Å². The number of anilines is 1. The normalized spacial score (nSPS) is 13.8. The predicted octanol–water partition coefficient (Wildman–Crippen LogP) is 7.23. The van der Waals surface area contributed by atoms with Gasteiger partial charge in [-0.05, 0) is 75.2 Å². The number of benzene rings is 3. The van der Waals surface area contributed by atoms with Crippen molar-refractivity contribution in [2.45, 2.75) is 58.1 Å². The Morgan fingerprint density at radius 2 is 1.61 bits per heavy atom. The summed E-state index contributed by atoms with van der Waals surface area (Å²) in [6, 6.07) is 26.4. The van der Waals surface area contributed by atoms with Crippen molar-refractivity contribution in [1.82, 2.24) is 4.90 Å². The van der Waals surface area contributed by atoms with Gasteiger partial charge in [0.05, 0.1) is 19.1 Å². The van der Waals surface area contributed by atoms with E-state index in [2.05, 4.69) is 5.32 Å². The second-order valence-electron chi connectivity index (χ2n) is 13.6. The number of para-hydroxylation sites is 1. The van der Waals surface area contributed by atoms with Crippen LogP contribution in [0.15, 0.2) is 113 Å². The quantitative estimate of drug-likeness (QED) is 0.0770. The van der Waals surface area contributed by atoms with Gasteiger partial charge in [0.25, 0.3) is 11.8 Å². The molecule has 0 fully saturated rings. The Bertz CT molecular complexity index is 2010. The molecule has 0 saturated heterocycles. The van der Waals surface area contributed by atoms with Crippen molar-refractivity contribution in [3.8, 4) is 11.5 Å². The standard InChI is InChI=1S/C42H44N2O10/c1-27(44(22-12-15-28-13-8-6-9-14-28)40(48)38(46)33(25-37(45)50-5)41(49)54-42(2,3)4)32(29-18-20-34-36(23-29)52-26-51-34)24-31-19-21-35(53-31)39(47)43-30-16-10-7-11-17-30/h6-21,23,27,32,46H,22,24-26H2,1-5H3,(H,43,47)/b15-12+,38-33?/t27-,32+/m1/s1. The third-order valence-corrected chi connectivity index (χ3v) is 8.59. The number of amides is 2. The smallest absolute Gasteiger partial charge is 0.339 e. The summed E-state index contributed by atoms with van der Waals surface area (Å²) in [7, 11) is 1.14. The number of hydrogen-bond acceptors (Lipinski definition) is 10. The maximum atomic E-state index is 14.5. The Labute approximate surface area is 314 Å². The molecule has 0 bridgehead atoms. The van der Waals surface area contributed by atoms with Gasteiger partial charge in [-0.2, -0.15) is 0 Å². The van der Waals surface area contributed by atoms with Gasteiger partial charge in [-0.15, -0.1) is 0 Å². The Balaban J connectivity index is 1.54. The zero-order chi connectivity index (χ0) is 38.8. The van der Waals surface area contributed by atoms with Gasteiger partial charge >= 0.3 is 11.9 Å². The molecule has 54 heavy (non-hydrogen) atoms. The van der Waals surface area contributed by atoms with E-state index >= 15 is 0 Å². The first-order valence-electron chi connectivity index (χ1n) is 17.4. The average molecular weight is 737 g/mol. The van der Waals surface area contributed by atoms with Crippen LogP contribution in [0.25, 0.3) is 6.08 Å². The highest BCUT2D eigenvalue weighted by Gasteiger charge is 2.35. The molecule has 1 aromatic heterocycles. The van der Waals surface area contributed by atoms with Crippen LogP contribution >= 0.6 is 0 Å². The molecule has 1 aliphatic heterocycles. The molecular weight excluding hydrogens is 692 g/mol. The summed E-state index contributed by atoms with van der Waals surface area (Å²) in [4.78, 5) is 54.7. The first kappa shape index (κ1) is 38.9. The van der Waals surface area contributed by atoms with Crippen LogP contribution in [0.3, 0.4) is 0 Å². The number of esters is 2. The SMILES string of the molecule is COC(=O)CC(C(=O)OC(C)(C)C)=C(O)C(=O)N(C/C=C/c1ccccc1)[C@H](C)[C@H](Cc1ccc(C(=O)Nc2ccccc2)o1)c1ccc2c(c1)OCO2. The van der Waals surface area contributed by atoms with E-state index in [9.17, 15) is 24.3 Å². The first-order chi connectivity index (χ1) is 25.8. The van der Waals surface area contributed by atoms with E-state index in [4.69, 9.17) is 23.4 Å². The van der Waals surface area contributed by atoms with E-state index in [0.717, 1.165) is 18.2 Å². The van der Waals surface area contributed by atoms with E-state index < -0.39 is 59.1 Å². The van der Waals surface area contributed by atoms with Crippen molar-refractivity contribution >= 4 is 35.5 Å². The number of aliphatic hydroxyl groups is 1. The van der Waals surface area contributed by atoms with E-state index in [1.807, 2.05) is 66.7 Å². The minimum atomic E-state index is -1.03. The maximum Gasteiger partial charge on any atom is 0.339 e. The third-order valence-electron chi connectivity index (χ3n) is 8.59. The second-order valence-corrected chi connectivity index (χ2v) is 13.6. The molecule has 2 amide bonds. The van der Waals surface area contributed by atoms with Crippen molar-refractivity contribution in [2.75, 3.05) is 25.8 Å². The number of methoxy groups -OCH3 is 1. The van der Waals surface area contributed by atoms with Crippen molar-refractivity contribution < 1.29 is 47.6 Å². The number of rotatable bonds is 14. The topological polar surface area (TPSA) is 154 Å². The van der Waals surface area contributed by atoms with Crippen LogP contribution in [-0.4, -0.2) is 65.8 Å². The van der Waals surface area contributed by atoms with E-state index in [0.29, 0.717) is 22.9 Å². The van der Waals surface area contributed by atoms with Crippen molar-refractivity contribution in [3.05, 3.63) is 131 Å². The summed E-state index contributed by atoms with van der Waals surface area (Å²) in [5, 5.41) is 14.3. The summed E-state index contributed by atoms with van der Waals surface area (Å²) >= 11 is 0. The molecule has 12 nitrogen and oxygen atoms in total. The first-order valence-corrected chi connectivity index (χ1v) is 17.4. The Kier molecular flexibility index (Phi) is 12.6. The highest BCUT2D eigenvalue weighted by atomic mass is 16.7. The summed E-state index contributed by atoms with van der Waals surface area (Å²) in [6.45, 7) is 6.73. The number of carbonyl (C=O) groups is 4. The zero-order valence-corrected chi connectivity index (χ0v) is 30.9. The lowest BCUT2D eigenvalue weighted by Gasteiger charge is -2.34. The van der Waals surface area contributed by atoms with E-state index in [1.165, 1.54) is 4.90 Å². The molecular formula is C42H44N2O10. The number of carbonyl (C=O) groups excluding carboxylic acids is 4. The highest BCUT2D eigenvalue weighted by Crippen LogP contribution is 2.38. The van der Waals surface area contributed by atoms with Gasteiger partial charge < -0.3 is 38.7 Å². The molecule has 0 radical (unpaired) electrons. The Morgan fingerprint density at radius 3 is 2.30 bits per heavy atom. The third kappa shape index (κ3) is 10.2. The molecule has 2 N–H and O–H groups in total. The second kappa shape index (κ2) is 17.5. The molecule has 0 spiro atoms. The van der Waals surface area contributed by atoms with Crippen LogP contribution < -0.4 is 14.8 Å². The molecule has 3 aromatic carbocycles. The number of nitrogens with zero attached hydrogens (tertiary/aromatic N) is 1. The average Bonchev–Trinajstić information content (AvgIpc) is 3.83. The molecule has 5 rings (SSSR count). The van der Waals surface area contributed by atoms with Crippen LogP contribution in [0.4, 0.5) is 5.69 Å². The van der Waals surface area contributed by atoms with E-state index in [-0.39, 0.29) is 25.5 Å². The fourth-order valence-electron chi connectivity index (χ4n) is 5.84. The molecule has 12 heteroatoms. The van der Waals surface area contributed by atoms with Crippen LogP contribution in [0, 0.1) is 0 Å². The maximum absolute atomic E-state index is 14.5. The van der Waals surface area contributed by atoms with Crippen LogP contribution in [0.5, 0.6) is 11.5 Å².